The number of rotatable bonds is 4. The molecule has 0 fully saturated rings. The average molecular weight is 2550 g/mol. The number of aliphatic hydroxyl groups excluding tert-OH is 1. The van der Waals surface area contributed by atoms with Gasteiger partial charge in [0.2, 0.25) is 0 Å². The molecule has 0 aromatic carbocycles. The van der Waals surface area contributed by atoms with Crippen LogP contribution in [-0.2, 0) is 644 Å². The van der Waals surface area contributed by atoms with Gasteiger partial charge in [-0.15, -0.1) is 0 Å². The lowest BCUT2D eigenvalue weighted by Crippen LogP contribution is -2.11. The molecule has 1 nitrogen and oxygen atoms in total. The summed E-state index contributed by atoms with van der Waals surface area (Å²) in [5, 5.41) is 8.35. The Balaban J connectivity index is -0.00000434. The monoisotopic (exact) mass is 2540 g/mol. The highest BCUT2D eigenvalue weighted by molar-refractivity contribution is 8.84. The first kappa shape index (κ1) is 107. The first-order valence-corrected chi connectivity index (χ1v) is 113. The molecule has 75 heteroatoms. The molecule has 0 aliphatic carbocycles. The molecule has 86 heavy (non-hydrogen) atoms. The second-order valence-electron chi connectivity index (χ2n) is 9.61. The van der Waals surface area contributed by atoms with Crippen molar-refractivity contribution in [2.75, 3.05) is 6.61 Å². The second kappa shape index (κ2) is 97.6. The van der Waals surface area contributed by atoms with Crippen molar-refractivity contribution >= 4 is 669 Å². The van der Waals surface area contributed by atoms with Crippen LogP contribution in [-0.4, -0.2) is 21.2 Å². The van der Waals surface area contributed by atoms with Gasteiger partial charge in [-0.3, -0.25) is 0 Å². The zero-order valence-corrected chi connectivity index (χ0v) is 100. The summed E-state index contributed by atoms with van der Waals surface area (Å²) in [4.78, 5) is 0. The van der Waals surface area contributed by atoms with E-state index in [1.807, 2.05) is 511 Å². The molecule has 0 aliphatic heterocycles. The van der Waals surface area contributed by atoms with Gasteiger partial charge in [0, 0.05) is 660 Å². The van der Waals surface area contributed by atoms with Crippen LogP contribution in [0.3, 0.4) is 0 Å². The number of thiol groups is 2. The summed E-state index contributed by atoms with van der Waals surface area (Å²) >= 11 is 18.2. The lowest BCUT2D eigenvalue weighted by molar-refractivity contribution is 0.276. The van der Waals surface area contributed by atoms with E-state index >= 15 is 0 Å². The highest BCUT2D eigenvalue weighted by atomic mass is 33.5. The molecule has 0 amide bonds. The van der Waals surface area contributed by atoms with Crippen LogP contribution in [0.15, 0.2) is 0 Å². The van der Waals surface area contributed by atoms with E-state index in [1.165, 1.54) is 30.6 Å². The minimum absolute atomic E-state index is 0.00521. The predicted molar refractivity (Wildman–Crippen MR) is 603 cm³/mol. The molecule has 0 aliphatic rings. The van der Waals surface area contributed by atoms with Crippen LogP contribution in [0, 0.1) is 0 Å². The van der Waals surface area contributed by atoms with Gasteiger partial charge in [0.25, 0.3) is 0 Å². The lowest BCUT2D eigenvalue weighted by Gasteiger charge is -2.14. The molecule has 0 radical (unpaired) electrons. The average Bonchev–Trinajstić information content (AvgIpc) is 3.48. The Hall–Kier alpha value is 16.5. The van der Waals surface area contributed by atoms with E-state index < -0.39 is 0 Å². The maximum Gasteiger partial charge on any atom is 0.0443 e. The summed E-state index contributed by atoms with van der Waals surface area (Å²) in [5.74, 6) is 0. The Bertz CT molecular complexity index is 5360. The van der Waals surface area contributed by atoms with Crippen LogP contribution in [0.1, 0.15) is 53.9 Å². The number of aliphatic hydroxyl groups is 1. The normalized spacial score (nSPS) is 8.51. The highest BCUT2D eigenvalue weighted by Crippen LogP contribution is 2.17. The molecule has 0 saturated heterocycles. The maximum atomic E-state index is 8.35. The lowest BCUT2D eigenvalue weighted by atomic mass is 10.1. The molecular weight excluding hydrogens is 2520 g/mol. The smallest absolute Gasteiger partial charge is 0.0443 e. The van der Waals surface area contributed by atoms with Gasteiger partial charge in [-0.2, -0.15) is 25.3 Å². The van der Waals surface area contributed by atoms with E-state index in [-0.39, 0.29) is 16.1 Å². The van der Waals surface area contributed by atoms with Crippen LogP contribution in [0.4, 0.5) is 0 Å². The number of hydrogen-bond donors (Lipinski definition) is 3. The predicted octanol–water partition coefficient (Wildman–Crippen LogP) is 3.40. The molecule has 0 heterocycles. The Labute approximate surface area is 723 Å². The quantitative estimate of drug-likeness (QED) is 0.377. The molecular formula is C11H26OS74. The standard InChI is InChI=1S/C6H14S.C5H12OS.S72/c1-4-5-6(2,3)7;1-5(2,7)3-4-6;1-3-5-7-9-11-13-15-17-19-21-23-25-27-29-31-33-35-37-39-41-43-45-47-49-51-53-55-57-59-61-63-65-67-69-71-72-70-68-66-64-62-60-58-56-54-52-50-48-46-44-42-40-38-36-34-32-30-28-26-24-22-20-18-16-14-12-10-8-6-4-2/h7H,4-5H2,1-3H3;6-7H,3-4H2,1-2H3;. The van der Waals surface area contributed by atoms with Gasteiger partial charge >= 0.3 is 0 Å². The first-order chi connectivity index (χ1) is 42.0. The molecule has 0 saturated carbocycles. The topological polar surface area (TPSA) is 20.2 Å². The third-order valence-electron chi connectivity index (χ3n) is 3.50. The number of hydrogen-bond acceptors (Lipinski definition) is 5. The van der Waals surface area contributed by atoms with Gasteiger partial charge in [-0.05, 0) is 12.8 Å². The van der Waals surface area contributed by atoms with Gasteiger partial charge in [0.05, 0.1) is 0 Å². The van der Waals surface area contributed by atoms with Crippen molar-refractivity contribution in [3.05, 3.63) is 0 Å². The van der Waals surface area contributed by atoms with Crippen molar-refractivity contribution in [1.29, 1.82) is 0 Å². The van der Waals surface area contributed by atoms with E-state index in [0.717, 1.165) is 6.42 Å². The fourth-order valence-corrected chi connectivity index (χ4v) is 189. The molecule has 0 unspecified atom stereocenters. The summed E-state index contributed by atoms with van der Waals surface area (Å²) < 4.78 is 0.240. The van der Waals surface area contributed by atoms with Gasteiger partial charge in [0.1, 0.15) is 0 Å². The van der Waals surface area contributed by atoms with Gasteiger partial charge in [-0.25, -0.2) is 0 Å². The summed E-state index contributed by atoms with van der Waals surface area (Å²) in [6.45, 7) is 10.6. The minimum atomic E-state index is -0.00521. The van der Waals surface area contributed by atoms with E-state index in [4.69, 9.17) is 27.5 Å². The van der Waals surface area contributed by atoms with Crippen molar-refractivity contribution < 1.29 is 5.11 Å². The Kier molecular flexibility index (Phi) is 121. The molecule has 0 aromatic heterocycles. The summed E-state index contributed by atoms with van der Waals surface area (Å²) in [6.07, 6.45) is 3.20. The Morgan fingerprint density at radius 2 is 0.302 bits per heavy atom. The SMILES string of the molecule is CC(C)(S)CCO.CCCC(C)(C)S.S=S=S=S=S=S=S=S=S=S=S=S=S=S=S=S=S=S=S=S=S=S=S=S=S=S=S=S=S=S=S=S=S=S=S=S=S=S=S=S=S=S=S=S=S=S=S=S=S=S=S=S=S=S=S=S=S=S=S=S=S=S=S=S=S=S=S=S=S=S=S=S. The van der Waals surface area contributed by atoms with Crippen LogP contribution >= 0.6 is 25.3 Å². The molecule has 0 bridgehead atoms. The Morgan fingerprint density at radius 1 is 0.209 bits per heavy atom. The molecule has 0 aromatic rings. The zero-order valence-electron chi connectivity index (χ0n) is 39.6. The third kappa shape index (κ3) is 114. The first-order valence-electron chi connectivity index (χ1n) is 17.0. The molecule has 520 valence electrons. The van der Waals surface area contributed by atoms with Gasteiger partial charge < -0.3 is 5.11 Å². The molecule has 0 atom stereocenters. The van der Waals surface area contributed by atoms with E-state index in [2.05, 4.69) is 46.0 Å². The second-order valence-corrected chi connectivity index (χ2v) is 136. The summed E-state index contributed by atoms with van der Waals surface area (Å²) in [5.41, 5.74) is 0. The Morgan fingerprint density at radius 3 is 0.337 bits per heavy atom. The van der Waals surface area contributed by atoms with Crippen LogP contribution in [0.2, 0.25) is 0 Å². The summed E-state index contributed by atoms with van der Waals surface area (Å²) in [7, 11) is 126. The van der Waals surface area contributed by atoms with Crippen molar-refractivity contribution in [1.82, 2.24) is 0 Å². The fourth-order valence-electron chi connectivity index (χ4n) is 1.66. The van der Waals surface area contributed by atoms with Crippen molar-refractivity contribution in [3.8, 4) is 0 Å². The highest BCUT2D eigenvalue weighted by Gasteiger charge is 2.08. The van der Waals surface area contributed by atoms with Crippen molar-refractivity contribution in [2.24, 2.45) is 0 Å². The van der Waals surface area contributed by atoms with Gasteiger partial charge in [0.15, 0.2) is 0 Å². The maximum absolute atomic E-state index is 8.35. The zero-order chi connectivity index (χ0) is 63.3. The van der Waals surface area contributed by atoms with Gasteiger partial charge in [-0.1, -0.05) is 41.0 Å². The largest absolute Gasteiger partial charge is 0.396 e. The van der Waals surface area contributed by atoms with Crippen molar-refractivity contribution in [2.45, 2.75) is 63.4 Å². The van der Waals surface area contributed by atoms with Crippen LogP contribution in [0.5, 0.6) is 0 Å². The van der Waals surface area contributed by atoms with E-state index in [0.29, 0.717) is 0 Å². The third-order valence-corrected chi connectivity index (χ3v) is 157. The van der Waals surface area contributed by atoms with Crippen molar-refractivity contribution in [3.63, 3.8) is 0 Å². The van der Waals surface area contributed by atoms with Crippen LogP contribution in [0.25, 0.3) is 0 Å². The molecule has 0 spiro atoms. The van der Waals surface area contributed by atoms with E-state index in [9.17, 15) is 0 Å². The molecule has 1 N–H and O–H groups in total. The van der Waals surface area contributed by atoms with Crippen LogP contribution < -0.4 is 0 Å². The fraction of sp³-hybridized carbons (Fsp3) is 1.00. The summed E-state index contributed by atoms with van der Waals surface area (Å²) in [6, 6.07) is 0. The minimum Gasteiger partial charge on any atom is -0.396 e. The molecule has 0 rings (SSSR count). The van der Waals surface area contributed by atoms with E-state index in [1.54, 1.807) is 107 Å².